The number of sulfonamides is 1. The number of fused-ring (bicyclic) bond motifs is 1. The minimum Gasteiger partial charge on any atom is -0.379 e. The molecule has 10 nitrogen and oxygen atoms in total. The number of nitrogens with zero attached hydrogens (tertiary/aromatic N) is 2. The molecule has 0 aliphatic carbocycles. The third-order valence-corrected chi connectivity index (χ3v) is 7.20. The number of morpholine rings is 1. The molecular weight excluding hydrogens is 424 g/mol. The lowest BCUT2D eigenvalue weighted by Gasteiger charge is -2.26. The van der Waals surface area contributed by atoms with Crippen LogP contribution in [0.1, 0.15) is 15.9 Å². The number of non-ortho nitro benzene ring substituents is 1. The fourth-order valence-electron chi connectivity index (χ4n) is 3.49. The van der Waals surface area contributed by atoms with Crippen LogP contribution >= 0.6 is 0 Å². The van der Waals surface area contributed by atoms with Crippen LogP contribution < -0.4 is 5.32 Å². The summed E-state index contributed by atoms with van der Waals surface area (Å²) in [6, 6.07) is 8.87. The highest BCUT2D eigenvalue weighted by Crippen LogP contribution is 2.27. The molecule has 1 aromatic heterocycles. The second-order valence-electron chi connectivity index (χ2n) is 7.14. The first-order valence-electron chi connectivity index (χ1n) is 9.53. The van der Waals surface area contributed by atoms with E-state index in [1.807, 2.05) is 0 Å². The minimum atomic E-state index is -3.73. The van der Waals surface area contributed by atoms with Gasteiger partial charge < -0.3 is 15.0 Å². The number of rotatable bonds is 5. The first-order valence-corrected chi connectivity index (χ1v) is 11.0. The van der Waals surface area contributed by atoms with Crippen molar-refractivity contribution in [1.82, 2.24) is 9.29 Å². The number of H-pyrrole nitrogens is 1. The lowest BCUT2D eigenvalue weighted by Crippen LogP contribution is -2.40. The predicted octanol–water partition coefficient (Wildman–Crippen LogP) is 2.66. The number of aryl methyl sites for hydroxylation is 1. The Kier molecular flexibility index (Phi) is 5.48. The minimum absolute atomic E-state index is 0.113. The van der Waals surface area contributed by atoms with Crippen molar-refractivity contribution in [3.8, 4) is 0 Å². The van der Waals surface area contributed by atoms with Gasteiger partial charge in [0, 0.05) is 48.0 Å². The number of aromatic nitrogens is 1. The van der Waals surface area contributed by atoms with Crippen molar-refractivity contribution in [2.75, 3.05) is 31.6 Å². The number of carbonyl (C=O) groups excluding carboxylic acids is 1. The molecule has 1 aliphatic rings. The van der Waals surface area contributed by atoms with E-state index >= 15 is 0 Å². The van der Waals surface area contributed by atoms with Gasteiger partial charge in [-0.25, -0.2) is 8.42 Å². The molecule has 1 amide bonds. The van der Waals surface area contributed by atoms with Crippen LogP contribution in [0.15, 0.2) is 47.5 Å². The molecular formula is C20H20N4O6S. The van der Waals surface area contributed by atoms with Gasteiger partial charge in [-0.1, -0.05) is 6.07 Å². The number of amides is 1. The standard InChI is InChI=1S/C20H20N4O6S/c1-13-2-3-14(10-19(13)31(28,29)23-6-8-30-9-7-23)22-20(25)17-12-21-18-5-4-15(24(26)27)11-16(17)18/h2-5,10-12,21H,6-9H2,1H3,(H,22,25). The normalized spacial score (nSPS) is 15.1. The summed E-state index contributed by atoms with van der Waals surface area (Å²) >= 11 is 0. The molecule has 1 saturated heterocycles. The van der Waals surface area contributed by atoms with Crippen molar-refractivity contribution < 1.29 is 22.9 Å². The largest absolute Gasteiger partial charge is 0.379 e. The van der Waals surface area contributed by atoms with Gasteiger partial charge in [-0.2, -0.15) is 4.31 Å². The molecule has 3 aromatic rings. The summed E-state index contributed by atoms with van der Waals surface area (Å²) in [5.41, 5.74) is 1.54. The Bertz CT molecular complexity index is 1280. The van der Waals surface area contributed by atoms with Gasteiger partial charge in [0.1, 0.15) is 0 Å². The average molecular weight is 444 g/mol. The van der Waals surface area contributed by atoms with E-state index in [-0.39, 0.29) is 29.2 Å². The molecule has 2 N–H and O–H groups in total. The number of nitro benzene ring substituents is 1. The van der Waals surface area contributed by atoms with Gasteiger partial charge in [0.25, 0.3) is 11.6 Å². The molecule has 31 heavy (non-hydrogen) atoms. The Morgan fingerprint density at radius 1 is 1.19 bits per heavy atom. The van der Waals surface area contributed by atoms with Crippen LogP contribution in [-0.2, 0) is 14.8 Å². The van der Waals surface area contributed by atoms with Crippen LogP contribution in [0, 0.1) is 17.0 Å². The van der Waals surface area contributed by atoms with E-state index in [0.29, 0.717) is 35.4 Å². The summed E-state index contributed by atoms with van der Waals surface area (Å²) in [4.78, 5) is 26.4. The molecule has 0 spiro atoms. The second-order valence-corrected chi connectivity index (χ2v) is 9.05. The van der Waals surface area contributed by atoms with Crippen LogP contribution in [0.2, 0.25) is 0 Å². The maximum absolute atomic E-state index is 13.0. The SMILES string of the molecule is Cc1ccc(NC(=O)c2c[nH]c3ccc([N+](=O)[O-])cc23)cc1S(=O)(=O)N1CCOCC1. The Balaban J connectivity index is 1.64. The number of anilines is 1. The maximum atomic E-state index is 13.0. The van der Waals surface area contributed by atoms with Crippen molar-refractivity contribution in [3.63, 3.8) is 0 Å². The van der Waals surface area contributed by atoms with Crippen molar-refractivity contribution in [2.24, 2.45) is 0 Å². The molecule has 0 unspecified atom stereocenters. The molecule has 0 atom stereocenters. The lowest BCUT2D eigenvalue weighted by atomic mass is 10.1. The summed E-state index contributed by atoms with van der Waals surface area (Å²) in [5.74, 6) is -0.509. The Morgan fingerprint density at radius 2 is 1.94 bits per heavy atom. The van der Waals surface area contributed by atoms with Crippen molar-refractivity contribution in [1.29, 1.82) is 0 Å². The molecule has 1 fully saturated rings. The Morgan fingerprint density at radius 3 is 2.65 bits per heavy atom. The highest BCUT2D eigenvalue weighted by Gasteiger charge is 2.28. The van der Waals surface area contributed by atoms with Gasteiger partial charge in [-0.3, -0.25) is 14.9 Å². The zero-order valence-electron chi connectivity index (χ0n) is 16.6. The fourth-order valence-corrected chi connectivity index (χ4v) is 5.15. The van der Waals surface area contributed by atoms with Crippen molar-refractivity contribution >= 4 is 38.2 Å². The first kappa shape index (κ1) is 21.0. The van der Waals surface area contributed by atoms with E-state index in [9.17, 15) is 23.3 Å². The van der Waals surface area contributed by atoms with Gasteiger partial charge in [0.2, 0.25) is 10.0 Å². The van der Waals surface area contributed by atoms with Crippen molar-refractivity contribution in [2.45, 2.75) is 11.8 Å². The summed E-state index contributed by atoms with van der Waals surface area (Å²) in [6.45, 7) is 2.90. The quantitative estimate of drug-likeness (QED) is 0.459. The number of hydrogen-bond donors (Lipinski definition) is 2. The van der Waals surface area contributed by atoms with Gasteiger partial charge in [-0.05, 0) is 30.7 Å². The first-order chi connectivity index (χ1) is 14.8. The van der Waals surface area contributed by atoms with E-state index in [0.717, 1.165) is 0 Å². The van der Waals surface area contributed by atoms with E-state index in [4.69, 9.17) is 4.74 Å². The smallest absolute Gasteiger partial charge is 0.270 e. The molecule has 0 saturated carbocycles. The van der Waals surface area contributed by atoms with E-state index in [2.05, 4.69) is 10.3 Å². The summed E-state index contributed by atoms with van der Waals surface area (Å²) in [6.07, 6.45) is 1.46. The predicted molar refractivity (Wildman–Crippen MR) is 114 cm³/mol. The number of hydrogen-bond acceptors (Lipinski definition) is 6. The molecule has 0 radical (unpaired) electrons. The van der Waals surface area contributed by atoms with Crippen LogP contribution in [-0.4, -0.2) is 54.8 Å². The highest BCUT2D eigenvalue weighted by molar-refractivity contribution is 7.89. The van der Waals surface area contributed by atoms with Crippen LogP contribution in [0.5, 0.6) is 0 Å². The summed E-state index contributed by atoms with van der Waals surface area (Å²) < 4.78 is 32.7. The van der Waals surface area contributed by atoms with Crippen LogP contribution in [0.3, 0.4) is 0 Å². The number of nitrogens with one attached hydrogen (secondary N) is 2. The van der Waals surface area contributed by atoms with Crippen molar-refractivity contribution in [3.05, 3.63) is 63.8 Å². The third kappa shape index (κ3) is 4.02. The van der Waals surface area contributed by atoms with E-state index in [1.54, 1.807) is 19.1 Å². The van der Waals surface area contributed by atoms with Gasteiger partial charge >= 0.3 is 0 Å². The molecule has 162 valence electrons. The monoisotopic (exact) mass is 444 g/mol. The number of carbonyl (C=O) groups is 1. The highest BCUT2D eigenvalue weighted by atomic mass is 32.2. The Labute approximate surface area is 178 Å². The third-order valence-electron chi connectivity index (χ3n) is 5.15. The molecule has 4 rings (SSSR count). The van der Waals surface area contributed by atoms with Gasteiger partial charge in [0.15, 0.2) is 0 Å². The van der Waals surface area contributed by atoms with Gasteiger partial charge in [-0.15, -0.1) is 0 Å². The topological polar surface area (TPSA) is 135 Å². The van der Waals surface area contributed by atoms with Crippen LogP contribution in [0.4, 0.5) is 11.4 Å². The maximum Gasteiger partial charge on any atom is 0.270 e. The molecule has 0 bridgehead atoms. The van der Waals surface area contributed by atoms with E-state index in [1.165, 1.54) is 34.8 Å². The van der Waals surface area contributed by atoms with E-state index < -0.39 is 20.9 Å². The fraction of sp³-hybridized carbons (Fsp3) is 0.250. The zero-order chi connectivity index (χ0) is 22.2. The van der Waals surface area contributed by atoms with Crippen LogP contribution in [0.25, 0.3) is 10.9 Å². The lowest BCUT2D eigenvalue weighted by molar-refractivity contribution is -0.384. The number of aromatic amines is 1. The number of ether oxygens (including phenoxy) is 1. The zero-order valence-corrected chi connectivity index (χ0v) is 17.4. The molecule has 2 heterocycles. The molecule has 1 aliphatic heterocycles. The molecule has 11 heteroatoms. The second kappa shape index (κ2) is 8.10. The molecule has 2 aromatic carbocycles. The van der Waals surface area contributed by atoms with Gasteiger partial charge in [0.05, 0.1) is 28.6 Å². The number of nitro groups is 1. The average Bonchev–Trinajstić information content (AvgIpc) is 3.19. The summed E-state index contributed by atoms with van der Waals surface area (Å²) in [5, 5.41) is 14.2. The number of benzene rings is 2. The Hall–Kier alpha value is -3.28. The summed E-state index contributed by atoms with van der Waals surface area (Å²) in [7, 11) is -3.73.